The second kappa shape index (κ2) is 5.28. The Morgan fingerprint density at radius 1 is 0.938 bits per heavy atom. The first kappa shape index (κ1) is 11.4. The van der Waals surface area contributed by atoms with E-state index >= 15 is 0 Å². The predicted molar refractivity (Wildman–Crippen MR) is 70.7 cm³/mol. The highest BCUT2D eigenvalue weighted by molar-refractivity contribution is 7.07. The van der Waals surface area contributed by atoms with Crippen molar-refractivity contribution in [3.05, 3.63) is 58.3 Å². The Balaban J connectivity index is 2.00. The average molecular weight is 231 g/mol. The molecule has 0 fully saturated rings. The first-order valence-electron chi connectivity index (χ1n) is 5.60. The van der Waals surface area contributed by atoms with Crippen molar-refractivity contribution >= 4 is 11.3 Å². The van der Waals surface area contributed by atoms with Gasteiger partial charge in [-0.2, -0.15) is 11.3 Å². The van der Waals surface area contributed by atoms with Crippen molar-refractivity contribution in [3.63, 3.8) is 0 Å². The third kappa shape index (κ3) is 2.71. The highest BCUT2D eigenvalue weighted by atomic mass is 32.1. The number of benzene rings is 1. The summed E-state index contributed by atoms with van der Waals surface area (Å²) >= 11 is 1.75. The van der Waals surface area contributed by atoms with Crippen molar-refractivity contribution in [3.8, 4) is 0 Å². The molecule has 0 aliphatic carbocycles. The van der Waals surface area contributed by atoms with Crippen LogP contribution < -0.4 is 5.32 Å². The van der Waals surface area contributed by atoms with E-state index in [-0.39, 0.29) is 0 Å². The zero-order valence-electron chi connectivity index (χ0n) is 9.68. The second-order valence-electron chi connectivity index (χ2n) is 4.08. The molecule has 0 aliphatic rings. The Hall–Kier alpha value is -1.12. The molecule has 0 amide bonds. The highest BCUT2D eigenvalue weighted by Crippen LogP contribution is 2.20. The lowest BCUT2D eigenvalue weighted by Crippen LogP contribution is -2.21. The molecule has 1 nitrogen and oxygen atoms in total. The summed E-state index contributed by atoms with van der Waals surface area (Å²) in [6, 6.07) is 13.5. The molecule has 0 aliphatic heterocycles. The van der Waals surface area contributed by atoms with E-state index in [0.717, 1.165) is 0 Å². The van der Waals surface area contributed by atoms with E-state index in [1.807, 2.05) is 0 Å². The van der Waals surface area contributed by atoms with E-state index in [2.05, 4.69) is 66.3 Å². The summed E-state index contributed by atoms with van der Waals surface area (Å²) in [5.41, 5.74) is 2.71. The molecule has 0 radical (unpaired) electrons. The number of rotatable bonds is 4. The molecule has 2 aromatic rings. The first-order valence-corrected chi connectivity index (χ1v) is 6.54. The van der Waals surface area contributed by atoms with Crippen molar-refractivity contribution < 1.29 is 0 Å². The molecule has 1 N–H and O–H groups in total. The van der Waals surface area contributed by atoms with Gasteiger partial charge in [0.2, 0.25) is 0 Å². The van der Waals surface area contributed by atoms with Gasteiger partial charge in [0.15, 0.2) is 0 Å². The van der Waals surface area contributed by atoms with Crippen LogP contribution in [0, 0.1) is 0 Å². The summed E-state index contributed by atoms with van der Waals surface area (Å²) in [6.07, 6.45) is 0. The molecule has 0 saturated heterocycles. The molecule has 1 unspecified atom stereocenters. The summed E-state index contributed by atoms with van der Waals surface area (Å²) in [5, 5.41) is 7.93. The SMILES string of the molecule is CC(N[C@@H](C)c1ccccc1)c1ccsc1. The Kier molecular flexibility index (Phi) is 3.75. The van der Waals surface area contributed by atoms with Crippen LogP contribution in [0.15, 0.2) is 47.2 Å². The summed E-state index contributed by atoms with van der Waals surface area (Å²) in [5.74, 6) is 0. The average Bonchev–Trinajstić information content (AvgIpc) is 2.83. The Bertz CT molecular complexity index is 408. The van der Waals surface area contributed by atoms with E-state index in [1.165, 1.54) is 11.1 Å². The predicted octanol–water partition coefficient (Wildman–Crippen LogP) is 4.16. The molecular formula is C14H17NS. The maximum atomic E-state index is 3.61. The van der Waals surface area contributed by atoms with E-state index < -0.39 is 0 Å². The van der Waals surface area contributed by atoms with E-state index in [1.54, 1.807) is 11.3 Å². The van der Waals surface area contributed by atoms with Crippen molar-refractivity contribution in [1.82, 2.24) is 5.32 Å². The number of hydrogen-bond acceptors (Lipinski definition) is 2. The third-order valence-electron chi connectivity index (χ3n) is 2.84. The molecule has 0 bridgehead atoms. The van der Waals surface area contributed by atoms with Crippen molar-refractivity contribution in [2.24, 2.45) is 0 Å². The Morgan fingerprint density at radius 3 is 2.25 bits per heavy atom. The molecule has 0 saturated carbocycles. The molecule has 0 spiro atoms. The normalized spacial score (nSPS) is 14.6. The molecule has 2 rings (SSSR count). The van der Waals surface area contributed by atoms with Gasteiger partial charge in [-0.05, 0) is 41.8 Å². The molecular weight excluding hydrogens is 214 g/mol. The molecule has 2 heteroatoms. The van der Waals surface area contributed by atoms with Crippen LogP contribution in [0.2, 0.25) is 0 Å². The van der Waals surface area contributed by atoms with Gasteiger partial charge < -0.3 is 5.32 Å². The molecule has 1 heterocycles. The van der Waals surface area contributed by atoms with Gasteiger partial charge in [-0.3, -0.25) is 0 Å². The number of hydrogen-bond donors (Lipinski definition) is 1. The second-order valence-corrected chi connectivity index (χ2v) is 4.86. The highest BCUT2D eigenvalue weighted by Gasteiger charge is 2.10. The molecule has 2 atom stereocenters. The topological polar surface area (TPSA) is 12.0 Å². The first-order chi connectivity index (χ1) is 7.77. The number of nitrogens with one attached hydrogen (secondary N) is 1. The zero-order chi connectivity index (χ0) is 11.4. The van der Waals surface area contributed by atoms with Gasteiger partial charge in [-0.15, -0.1) is 0 Å². The fraction of sp³-hybridized carbons (Fsp3) is 0.286. The lowest BCUT2D eigenvalue weighted by molar-refractivity contribution is 0.495. The van der Waals surface area contributed by atoms with E-state index in [9.17, 15) is 0 Å². The summed E-state index contributed by atoms with van der Waals surface area (Å²) in [6.45, 7) is 4.42. The fourth-order valence-corrected chi connectivity index (χ4v) is 2.58. The van der Waals surface area contributed by atoms with Crippen LogP contribution in [-0.2, 0) is 0 Å². The lowest BCUT2D eigenvalue weighted by Gasteiger charge is -2.19. The van der Waals surface area contributed by atoms with Crippen LogP contribution in [0.25, 0.3) is 0 Å². The standard InChI is InChI=1S/C14H17NS/c1-11(13-6-4-3-5-7-13)15-12(2)14-8-9-16-10-14/h3-12,15H,1-2H3/t11-,12?/m0/s1. The van der Waals surface area contributed by atoms with E-state index in [4.69, 9.17) is 0 Å². The van der Waals surface area contributed by atoms with Crippen LogP contribution in [0.5, 0.6) is 0 Å². The van der Waals surface area contributed by atoms with Crippen LogP contribution in [0.4, 0.5) is 0 Å². The summed E-state index contributed by atoms with van der Waals surface area (Å²) in [4.78, 5) is 0. The van der Waals surface area contributed by atoms with Gasteiger partial charge in [-0.1, -0.05) is 30.3 Å². The van der Waals surface area contributed by atoms with Crippen LogP contribution >= 0.6 is 11.3 Å². The van der Waals surface area contributed by atoms with Gasteiger partial charge in [0.05, 0.1) is 0 Å². The summed E-state index contributed by atoms with van der Waals surface area (Å²) in [7, 11) is 0. The maximum absolute atomic E-state index is 3.61. The third-order valence-corrected chi connectivity index (χ3v) is 3.54. The van der Waals surface area contributed by atoms with Crippen molar-refractivity contribution in [1.29, 1.82) is 0 Å². The molecule has 1 aromatic carbocycles. The molecule has 84 valence electrons. The zero-order valence-corrected chi connectivity index (χ0v) is 10.5. The monoisotopic (exact) mass is 231 g/mol. The minimum atomic E-state index is 0.385. The Morgan fingerprint density at radius 2 is 1.62 bits per heavy atom. The van der Waals surface area contributed by atoms with Gasteiger partial charge >= 0.3 is 0 Å². The maximum Gasteiger partial charge on any atom is 0.0305 e. The van der Waals surface area contributed by atoms with Crippen LogP contribution in [0.3, 0.4) is 0 Å². The minimum absolute atomic E-state index is 0.385. The number of thiophene rings is 1. The quantitative estimate of drug-likeness (QED) is 0.833. The van der Waals surface area contributed by atoms with Gasteiger partial charge in [0, 0.05) is 12.1 Å². The largest absolute Gasteiger partial charge is 0.304 e. The van der Waals surface area contributed by atoms with E-state index in [0.29, 0.717) is 12.1 Å². The van der Waals surface area contributed by atoms with Crippen molar-refractivity contribution in [2.45, 2.75) is 25.9 Å². The van der Waals surface area contributed by atoms with Crippen molar-refractivity contribution in [2.75, 3.05) is 0 Å². The van der Waals surface area contributed by atoms with Crippen LogP contribution in [0.1, 0.15) is 37.1 Å². The van der Waals surface area contributed by atoms with Gasteiger partial charge in [-0.25, -0.2) is 0 Å². The lowest BCUT2D eigenvalue weighted by atomic mass is 10.1. The Labute approximate surface area is 101 Å². The van der Waals surface area contributed by atoms with Gasteiger partial charge in [0.1, 0.15) is 0 Å². The smallest absolute Gasteiger partial charge is 0.0305 e. The fourth-order valence-electron chi connectivity index (χ4n) is 1.83. The van der Waals surface area contributed by atoms with Gasteiger partial charge in [0.25, 0.3) is 0 Å². The van der Waals surface area contributed by atoms with Crippen LogP contribution in [-0.4, -0.2) is 0 Å². The molecule has 16 heavy (non-hydrogen) atoms. The minimum Gasteiger partial charge on any atom is -0.304 e. The molecule has 1 aromatic heterocycles. The summed E-state index contributed by atoms with van der Waals surface area (Å²) < 4.78 is 0.